The minimum absolute atomic E-state index is 0.0330. The quantitative estimate of drug-likeness (QED) is 0.0592. The van der Waals surface area contributed by atoms with E-state index in [9.17, 15) is 57.5 Å². The van der Waals surface area contributed by atoms with Crippen LogP contribution < -0.4 is 48.2 Å². The van der Waals surface area contributed by atoms with Crippen molar-refractivity contribution in [3.05, 3.63) is 143 Å². The molecule has 3 aromatic heterocycles. The van der Waals surface area contributed by atoms with E-state index in [0.29, 0.717) is 107 Å². The molecule has 2 saturated carbocycles. The zero-order valence-corrected chi connectivity index (χ0v) is 76.2. The summed E-state index contributed by atoms with van der Waals surface area (Å²) in [7, 11) is 0. The molecule has 12 atom stereocenters. The van der Waals surface area contributed by atoms with Gasteiger partial charge < -0.3 is 60.3 Å². The maximum absolute atomic E-state index is 14.0. The van der Waals surface area contributed by atoms with Crippen molar-refractivity contribution in [2.45, 2.75) is 232 Å². The lowest BCUT2D eigenvalue weighted by atomic mass is 9.70. The molecule has 11 heterocycles. The summed E-state index contributed by atoms with van der Waals surface area (Å²) in [5, 5.41) is 24.4. The van der Waals surface area contributed by atoms with Gasteiger partial charge in [0.2, 0.25) is 17.7 Å². The van der Waals surface area contributed by atoms with Crippen molar-refractivity contribution in [1.29, 1.82) is 0 Å². The van der Waals surface area contributed by atoms with Crippen molar-refractivity contribution >= 4 is 122 Å². The molecule has 694 valence electrons. The monoisotopic (exact) mass is 1790 g/mol. The second kappa shape index (κ2) is 40.5. The number of ether oxygens (including phenoxy) is 6. The molecular formula is C97H123N15O18. The van der Waals surface area contributed by atoms with Crippen molar-refractivity contribution in [3.63, 3.8) is 0 Å². The highest BCUT2D eigenvalue weighted by atomic mass is 16.6. The first kappa shape index (κ1) is 94.6. The molecule has 8 aliphatic heterocycles. The van der Waals surface area contributed by atoms with Gasteiger partial charge in [0.1, 0.15) is 41.2 Å². The second-order valence-electron chi connectivity index (χ2n) is 37.8. The van der Waals surface area contributed by atoms with Gasteiger partial charge in [-0.3, -0.25) is 87.5 Å². The third-order valence-electron chi connectivity index (χ3n) is 26.2. The van der Waals surface area contributed by atoms with E-state index in [1.54, 1.807) is 53.7 Å². The summed E-state index contributed by atoms with van der Waals surface area (Å²) < 4.78 is 34.5. The second-order valence-corrected chi connectivity index (χ2v) is 37.8. The predicted octanol–water partition coefficient (Wildman–Crippen LogP) is 8.41. The van der Waals surface area contributed by atoms with Gasteiger partial charge in [-0.1, -0.05) is 112 Å². The van der Waals surface area contributed by atoms with Crippen LogP contribution in [-0.2, 0) is 86.0 Å². The summed E-state index contributed by atoms with van der Waals surface area (Å²) in [6.45, 7) is 23.9. The summed E-state index contributed by atoms with van der Waals surface area (Å²) in [4.78, 5) is 176. The normalized spacial score (nSPS) is 30.4. The molecule has 130 heavy (non-hydrogen) atoms. The zero-order chi connectivity index (χ0) is 92.7. The molecule has 5 saturated heterocycles. The molecule has 2 spiro atoms. The van der Waals surface area contributed by atoms with Crippen LogP contribution in [0.2, 0.25) is 0 Å². The van der Waals surface area contributed by atoms with Crippen LogP contribution in [0.25, 0.3) is 50.9 Å². The van der Waals surface area contributed by atoms with E-state index >= 15 is 0 Å². The number of pyridine rings is 3. The average Bonchev–Trinajstić information content (AvgIpc) is 1.18. The molecular weight excluding hydrogens is 1660 g/mol. The minimum Gasteiger partial charge on any atom is -0.451 e. The lowest BCUT2D eigenvalue weighted by molar-refractivity contribution is -0.177. The number of hydrogen-bond acceptors (Lipinski definition) is 24. The molecule has 6 aromatic rings. The van der Waals surface area contributed by atoms with E-state index in [2.05, 4.69) is 55.1 Å². The van der Waals surface area contributed by atoms with Gasteiger partial charge in [-0.15, -0.1) is 0 Å². The van der Waals surface area contributed by atoms with E-state index in [-0.39, 0.29) is 97.7 Å². The number of fused-ring (bicyclic) bond motifs is 12. The molecule has 1 unspecified atom stereocenters. The third kappa shape index (κ3) is 22.2. The Bertz CT molecular complexity index is 5380. The number of amides is 9. The largest absolute Gasteiger partial charge is 0.451 e. The summed E-state index contributed by atoms with van der Waals surface area (Å²) >= 11 is 0. The fourth-order valence-corrected chi connectivity index (χ4v) is 17.4. The number of carbonyl (C=O) groups excluding carboxylic acids is 12. The third-order valence-corrected chi connectivity index (χ3v) is 26.2. The number of hydrazine groups is 3. The maximum atomic E-state index is 14.0. The van der Waals surface area contributed by atoms with Gasteiger partial charge in [0.05, 0.1) is 108 Å². The smallest absolute Gasteiger partial charge is 0.321 e. The van der Waals surface area contributed by atoms with Crippen LogP contribution in [0, 0.1) is 39.9 Å². The molecule has 9 amide bonds. The first-order chi connectivity index (χ1) is 62.0. The Morgan fingerprint density at radius 3 is 1.27 bits per heavy atom. The topological polar surface area (TPSA) is 417 Å². The number of nitrogens with zero attached hydrogens (tertiary/aromatic N) is 6. The van der Waals surface area contributed by atoms with Gasteiger partial charge in [-0.05, 0) is 204 Å². The Hall–Kier alpha value is -11.5. The Morgan fingerprint density at radius 1 is 0.400 bits per heavy atom. The molecule has 33 nitrogen and oxygen atoms in total. The van der Waals surface area contributed by atoms with E-state index in [1.807, 2.05) is 150 Å². The number of benzene rings is 3. The molecule has 10 aliphatic rings. The van der Waals surface area contributed by atoms with Gasteiger partial charge in [-0.2, -0.15) is 0 Å². The average molecular weight is 1790 g/mol. The van der Waals surface area contributed by atoms with Crippen molar-refractivity contribution in [2.75, 3.05) is 59.3 Å². The number of aromatic nitrogens is 3. The van der Waals surface area contributed by atoms with E-state index in [1.165, 1.54) is 15.0 Å². The number of esters is 3. The first-order valence-corrected chi connectivity index (χ1v) is 45.8. The SMILES string of the molecule is CC1CCC2(/C=C/c3ccc4ccc(nc4c3)[C@@H](C)NC(=O)C3(C)CCCN(N3)C(=O)[C@H](C)NC(=O)[C@H](C(C)C)OC2=O)CC1.C[C@@H]1NC(=O)[C@H](C2CC2)OC(=O)C2(/C=C/c3ccc4ccc(nc4c3)[C@@H](C)NC(=O)[C@@H]3CCCN(N3)C1=O)COCCOC2.C[C@@H]1NC(=O)[C@H](C2COC2)OC(=O)C(C)(C)/C=C/c2ccc3ccc(nc3c2)[C@@H](C)NC(=O)[C@@H]2CCCN(N2)C1=O. The van der Waals surface area contributed by atoms with Crippen LogP contribution in [0.4, 0.5) is 0 Å². The van der Waals surface area contributed by atoms with Crippen LogP contribution in [0.1, 0.15) is 212 Å². The predicted molar refractivity (Wildman–Crippen MR) is 482 cm³/mol. The van der Waals surface area contributed by atoms with Gasteiger partial charge >= 0.3 is 17.9 Å². The molecule has 33 heteroatoms. The molecule has 15 bridgehead atoms. The van der Waals surface area contributed by atoms with Crippen molar-refractivity contribution in [3.8, 4) is 0 Å². The van der Waals surface area contributed by atoms with Crippen LogP contribution in [0.15, 0.2) is 109 Å². The Balaban J connectivity index is 0.000000157. The minimum atomic E-state index is -1.28. The van der Waals surface area contributed by atoms with Crippen molar-refractivity contribution in [2.24, 2.45) is 39.9 Å². The molecule has 0 radical (unpaired) electrons. The lowest BCUT2D eigenvalue weighted by Gasteiger charge is -2.41. The van der Waals surface area contributed by atoms with Crippen molar-refractivity contribution in [1.82, 2.24) is 78.2 Å². The summed E-state index contributed by atoms with van der Waals surface area (Å²) in [6.07, 6.45) is 15.7. The fraction of sp³-hybridized carbons (Fsp3) is 0.536. The molecule has 9 N–H and O–H groups in total. The number of hydrogen-bond donors (Lipinski definition) is 9. The zero-order valence-electron chi connectivity index (χ0n) is 76.2. The van der Waals surface area contributed by atoms with Gasteiger partial charge in [-0.25, -0.2) is 16.3 Å². The van der Waals surface area contributed by atoms with Crippen LogP contribution >= 0.6 is 0 Å². The maximum Gasteiger partial charge on any atom is 0.321 e. The van der Waals surface area contributed by atoms with Gasteiger partial charge in [0, 0.05) is 41.7 Å². The molecule has 2 aliphatic carbocycles. The highest BCUT2D eigenvalue weighted by molar-refractivity contribution is 5.96. The number of rotatable bonds is 3. The standard InChI is InChI=1S/C35H47N5O5.C32H39N5O7.C30H37N5O6/c1-21(2)29-30(41)36-24(5)31(42)40-19-7-15-34(6,39-40)32(43)37-23(4)27-11-10-26-9-8-25(20-28(26)38-27)14-18-35(33(44)45-29)16-12-22(3)13-17-35;1-19-24-10-9-22-6-5-21(16-26(22)35-24)11-12-32(17-42-14-15-43-18-32)31(41)44-27(23-7-8-23)29(39)34-20(2)30(40)37-13-3-4-25(36-37)28(38)33-19;1-17-22-10-9-20-8-7-19(14-24(20)33-22)11-12-30(3,4)29(39)41-25(21-15-40-16-21)27(37)32-18(2)28(38)35-13-5-6-23(34-35)26(36)31-17/h8-11,14,18,20-24,29,39H,7,12-13,15-17,19H2,1-6H3,(H,36,41)(H,37,43);5-6,9-12,16,19-20,23,25,27,36H,3-4,7-8,13-15,17-18H2,1-2H3,(H,33,38)(H,34,39);7-12,14,17-18,21,23,25,34H,5-6,13,15-16H2,1-4H3,(H,31,36)(H,32,37)/b18-14+;2*12-11+/t22?,23-,24+,29+,34?,35?;19-,20+,25+,27+;17-,18+,23+,25+/m111/s1. The highest BCUT2D eigenvalue weighted by Crippen LogP contribution is 2.43. The Morgan fingerprint density at radius 2 is 0.808 bits per heavy atom. The molecule has 16 rings (SSSR count). The Kier molecular flexibility index (Phi) is 29.5. The van der Waals surface area contributed by atoms with Gasteiger partial charge in [0.15, 0.2) is 18.3 Å². The van der Waals surface area contributed by atoms with Crippen molar-refractivity contribution < 1.29 is 86.0 Å². The van der Waals surface area contributed by atoms with E-state index in [0.717, 1.165) is 75.1 Å². The lowest BCUT2D eigenvalue weighted by Crippen LogP contribution is -2.67. The first-order valence-electron chi connectivity index (χ1n) is 45.8. The number of cyclic esters (lactones) is 3. The molecule has 7 fully saturated rings. The fourth-order valence-electron chi connectivity index (χ4n) is 17.4. The number of carbonyl (C=O) groups is 12. The van der Waals surface area contributed by atoms with E-state index < -0.39 is 106 Å². The summed E-state index contributed by atoms with van der Waals surface area (Å²) in [5.41, 5.74) is 11.9. The molecule has 3 aromatic carbocycles. The Labute approximate surface area is 756 Å². The summed E-state index contributed by atoms with van der Waals surface area (Å²) in [5.74, 6) is -5.35. The van der Waals surface area contributed by atoms with Crippen LogP contribution in [0.3, 0.4) is 0 Å². The number of nitrogens with one attached hydrogen (secondary N) is 9. The highest BCUT2D eigenvalue weighted by Gasteiger charge is 2.50. The van der Waals surface area contributed by atoms with E-state index in [4.69, 9.17) is 43.4 Å². The summed E-state index contributed by atoms with van der Waals surface area (Å²) in [6, 6.07) is 24.0. The van der Waals surface area contributed by atoms with Gasteiger partial charge in [0.25, 0.3) is 35.4 Å². The van der Waals surface area contributed by atoms with Crippen LogP contribution in [0.5, 0.6) is 0 Å². The van der Waals surface area contributed by atoms with Crippen LogP contribution in [-0.4, -0.2) is 214 Å².